The van der Waals surface area contributed by atoms with Crippen molar-refractivity contribution >= 4 is 23.4 Å². The molecule has 10 atom stereocenters. The Morgan fingerprint density at radius 1 is 0.966 bits per heavy atom. The molecule has 2 amide bonds. The van der Waals surface area contributed by atoms with Crippen LogP contribution in [-0.4, -0.2) is 83.9 Å². The van der Waals surface area contributed by atoms with Crippen LogP contribution in [0.15, 0.2) is 77.4 Å². The molecule has 3 N–H and O–H groups in total. The number of hydrogen-bond donors (Lipinski definition) is 3. The number of nitrogens with one attached hydrogen (secondary N) is 2. The molecule has 8 rings (SSSR count). The van der Waals surface area contributed by atoms with Crippen LogP contribution in [0.2, 0.25) is 0 Å². The maximum Gasteiger partial charge on any atom is 0.242 e. The maximum absolute atomic E-state index is 13.5. The summed E-state index contributed by atoms with van der Waals surface area (Å²) in [7, 11) is 2.09. The molecule has 5 aliphatic carbocycles. The van der Waals surface area contributed by atoms with Crippen molar-refractivity contribution in [2.75, 3.05) is 26.7 Å². The van der Waals surface area contributed by atoms with Gasteiger partial charge in [0, 0.05) is 50.0 Å². The Morgan fingerprint density at radius 2 is 1.73 bits per heavy atom. The number of aliphatic hydroxyl groups excluding tert-OH is 1. The molecule has 316 valence electrons. The molecule has 1 heterocycles. The molecular formula is C50H65N3O6. The lowest BCUT2D eigenvalue weighted by Crippen LogP contribution is -2.51. The van der Waals surface area contributed by atoms with Crippen molar-refractivity contribution in [3.8, 4) is 0 Å². The summed E-state index contributed by atoms with van der Waals surface area (Å²) in [5, 5.41) is 16.3. The van der Waals surface area contributed by atoms with Crippen molar-refractivity contribution in [3.63, 3.8) is 0 Å². The van der Waals surface area contributed by atoms with Gasteiger partial charge in [0.25, 0.3) is 0 Å². The minimum atomic E-state index is -0.815. The second-order valence-electron chi connectivity index (χ2n) is 19.5. The number of nitrogens with zero attached hydrogens (tertiary/aromatic N) is 1. The van der Waals surface area contributed by atoms with Gasteiger partial charge in [0.15, 0.2) is 5.78 Å². The predicted molar refractivity (Wildman–Crippen MR) is 228 cm³/mol. The van der Waals surface area contributed by atoms with Gasteiger partial charge in [0.05, 0.1) is 17.8 Å². The predicted octanol–water partition coefficient (Wildman–Crippen LogP) is 7.16. The first-order chi connectivity index (χ1) is 28.3. The van der Waals surface area contributed by atoms with Gasteiger partial charge < -0.3 is 30.2 Å². The zero-order valence-corrected chi connectivity index (χ0v) is 35.6. The number of carbonyl (C=O) groups excluding carboxylic acids is 4. The van der Waals surface area contributed by atoms with Crippen LogP contribution in [0.25, 0.3) is 0 Å². The quantitative estimate of drug-likeness (QED) is 0.122. The third-order valence-electron chi connectivity index (χ3n) is 15.5. The number of amides is 2. The molecule has 59 heavy (non-hydrogen) atoms. The minimum absolute atomic E-state index is 0.0144. The Morgan fingerprint density at radius 3 is 2.49 bits per heavy atom. The lowest BCUT2D eigenvalue weighted by molar-refractivity contribution is -0.129. The monoisotopic (exact) mass is 803 g/mol. The van der Waals surface area contributed by atoms with E-state index in [2.05, 4.69) is 42.5 Å². The average Bonchev–Trinajstić information content (AvgIpc) is 3.70. The number of benzene rings is 2. The Hall–Kier alpha value is -3.92. The molecule has 1 saturated heterocycles. The van der Waals surface area contributed by atoms with Crippen molar-refractivity contribution in [2.24, 2.45) is 35.0 Å². The van der Waals surface area contributed by atoms with Crippen LogP contribution in [0.5, 0.6) is 0 Å². The molecule has 3 saturated carbocycles. The van der Waals surface area contributed by atoms with Gasteiger partial charge in [-0.05, 0) is 124 Å². The van der Waals surface area contributed by atoms with E-state index in [4.69, 9.17) is 4.74 Å². The topological polar surface area (TPSA) is 125 Å². The first kappa shape index (κ1) is 41.8. The van der Waals surface area contributed by atoms with E-state index in [9.17, 15) is 24.3 Å². The fourth-order valence-electron chi connectivity index (χ4n) is 12.4. The van der Waals surface area contributed by atoms with Crippen molar-refractivity contribution in [3.05, 3.63) is 94.1 Å². The highest BCUT2D eigenvalue weighted by Gasteiger charge is 2.64. The molecule has 4 fully saturated rings. The summed E-state index contributed by atoms with van der Waals surface area (Å²) in [4.78, 5) is 53.0. The Balaban J connectivity index is 0.816. The molecule has 2 aromatic carbocycles. The van der Waals surface area contributed by atoms with Gasteiger partial charge in [0.2, 0.25) is 11.8 Å². The van der Waals surface area contributed by atoms with Gasteiger partial charge in [0.1, 0.15) is 11.8 Å². The lowest BCUT2D eigenvalue weighted by Gasteiger charge is -2.52. The number of fused-ring (bicyclic) bond motifs is 5. The molecule has 0 radical (unpaired) electrons. The molecule has 1 spiro atoms. The van der Waals surface area contributed by atoms with E-state index in [0.29, 0.717) is 42.0 Å². The van der Waals surface area contributed by atoms with Crippen LogP contribution in [0.1, 0.15) is 119 Å². The van der Waals surface area contributed by atoms with Crippen LogP contribution in [-0.2, 0) is 25.5 Å². The van der Waals surface area contributed by atoms with Crippen molar-refractivity contribution in [1.29, 1.82) is 0 Å². The van der Waals surface area contributed by atoms with Crippen LogP contribution in [0, 0.1) is 35.0 Å². The van der Waals surface area contributed by atoms with Gasteiger partial charge >= 0.3 is 0 Å². The van der Waals surface area contributed by atoms with Crippen LogP contribution in [0.4, 0.5) is 0 Å². The first-order valence-corrected chi connectivity index (χ1v) is 22.5. The van der Waals surface area contributed by atoms with Gasteiger partial charge in [-0.3, -0.25) is 14.4 Å². The van der Waals surface area contributed by atoms with Gasteiger partial charge in [-0.25, -0.2) is 0 Å². The molecular weight excluding hydrogens is 739 g/mol. The van der Waals surface area contributed by atoms with Crippen LogP contribution < -0.4 is 10.6 Å². The van der Waals surface area contributed by atoms with E-state index in [1.165, 1.54) is 44.6 Å². The third-order valence-corrected chi connectivity index (χ3v) is 15.5. The number of carbonyl (C=O) groups is 4. The Bertz CT molecular complexity index is 1970. The summed E-state index contributed by atoms with van der Waals surface area (Å²) in [6, 6.07) is 15.5. The molecule has 2 aromatic rings. The highest BCUT2D eigenvalue weighted by atomic mass is 16.5. The van der Waals surface area contributed by atoms with Gasteiger partial charge in [-0.2, -0.15) is 0 Å². The number of ether oxygens (including phenoxy) is 1. The fraction of sp³-hybridized carbons (Fsp3) is 0.600. The van der Waals surface area contributed by atoms with E-state index in [0.717, 1.165) is 56.0 Å². The highest BCUT2D eigenvalue weighted by Crippen LogP contribution is 2.69. The van der Waals surface area contributed by atoms with Gasteiger partial charge in [-0.15, -0.1) is 0 Å². The summed E-state index contributed by atoms with van der Waals surface area (Å²) in [5.41, 5.74) is 7.20. The van der Waals surface area contributed by atoms with E-state index in [1.807, 2.05) is 30.3 Å². The Labute approximate surface area is 350 Å². The molecule has 1 aliphatic heterocycles. The molecule has 0 aromatic heterocycles. The number of ketones is 2. The van der Waals surface area contributed by atoms with Gasteiger partial charge in [-0.1, -0.05) is 85.7 Å². The van der Waals surface area contributed by atoms with Crippen molar-refractivity contribution < 1.29 is 29.0 Å². The van der Waals surface area contributed by atoms with Crippen LogP contribution in [0.3, 0.4) is 0 Å². The number of hydrogen-bond acceptors (Lipinski definition) is 7. The number of rotatable bonds is 16. The first-order valence-electron chi connectivity index (χ1n) is 22.5. The van der Waals surface area contributed by atoms with E-state index in [-0.39, 0.29) is 65.9 Å². The molecule has 0 bridgehead atoms. The zero-order chi connectivity index (χ0) is 41.5. The molecule has 9 nitrogen and oxygen atoms in total. The SMILES string of the molecule is CC(=O)CCC(=O)N[C@H](Cc1ccc(C(=O)c2ccccc2)cc1)C(=O)NCCN(C)CC(C)CC1CC2CC3=C4CC5C(CC=C6CC(O)CCC65C)C4CCC32O1. The second-order valence-corrected chi connectivity index (χ2v) is 19.5. The lowest BCUT2D eigenvalue weighted by atomic mass is 9.55. The number of aliphatic hydroxyl groups is 1. The minimum Gasteiger partial charge on any atom is -0.393 e. The Kier molecular flexibility index (Phi) is 12.2. The average molecular weight is 804 g/mol. The highest BCUT2D eigenvalue weighted by molar-refractivity contribution is 6.09. The van der Waals surface area contributed by atoms with Crippen molar-refractivity contribution in [2.45, 2.75) is 128 Å². The number of Topliss-reactive ketones (excluding diaryl/α,β-unsaturated/α-hetero) is 1. The summed E-state index contributed by atoms with van der Waals surface area (Å²) in [6.45, 7) is 8.28. The maximum atomic E-state index is 13.5. The number of likely N-dealkylation sites (N-methyl/N-ethyl adjacent to an activating group) is 1. The second kappa shape index (κ2) is 17.2. The third kappa shape index (κ3) is 8.54. The summed E-state index contributed by atoms with van der Waals surface area (Å²) >= 11 is 0. The van der Waals surface area contributed by atoms with Crippen molar-refractivity contribution in [1.82, 2.24) is 15.5 Å². The number of allylic oxidation sites excluding steroid dienone is 2. The fourth-order valence-corrected chi connectivity index (χ4v) is 12.4. The van der Waals surface area contributed by atoms with E-state index in [1.54, 1.807) is 35.4 Å². The standard InChI is InChI=1S/C50H65N3O6/c1-31(24-39-27-37-28-44-42-29-43-41(40(42)19-21-50(37,44)59-39)16-15-36-26-38(55)18-20-49(36,43)3)30-53(4)23-22-51-48(58)45(52-46(56)17-10-32(2)54)25-33-11-13-35(14-12-33)47(57)34-8-6-5-7-9-34/h5-9,11-15,31,37-41,43,45,55H,10,16-30H2,1-4H3,(H,51,58)(H,52,56)/t31?,37?,38?,39?,40?,41?,43?,45-,49?,50?/m1/s1. The van der Waals surface area contributed by atoms with E-state index >= 15 is 0 Å². The largest absolute Gasteiger partial charge is 0.393 e. The smallest absolute Gasteiger partial charge is 0.242 e. The normalized spacial score (nSPS) is 31.4. The molecule has 9 heteroatoms. The summed E-state index contributed by atoms with van der Waals surface area (Å²) in [5.74, 6) is 2.52. The molecule has 6 aliphatic rings. The van der Waals surface area contributed by atoms with Crippen LogP contribution >= 0.6 is 0 Å². The summed E-state index contributed by atoms with van der Waals surface area (Å²) < 4.78 is 7.15. The molecule has 9 unspecified atom stereocenters. The van der Waals surface area contributed by atoms with E-state index < -0.39 is 6.04 Å². The summed E-state index contributed by atoms with van der Waals surface area (Å²) in [6.07, 6.45) is 14.3. The zero-order valence-electron chi connectivity index (χ0n) is 35.6.